The zero-order chi connectivity index (χ0) is 19.4. The van der Waals surface area contributed by atoms with Crippen LogP contribution in [0.1, 0.15) is 48.4 Å². The molecule has 0 aliphatic carbocycles. The Morgan fingerprint density at radius 1 is 1.41 bits per heavy atom. The lowest BCUT2D eigenvalue weighted by atomic mass is 9.89. The summed E-state index contributed by atoms with van der Waals surface area (Å²) in [6, 6.07) is 6.23. The lowest BCUT2D eigenvalue weighted by molar-refractivity contribution is 0.0806. The topological polar surface area (TPSA) is 58.2 Å². The highest BCUT2D eigenvalue weighted by molar-refractivity contribution is 6.00. The van der Waals surface area contributed by atoms with E-state index in [1.54, 1.807) is 0 Å². The number of ether oxygens (including phenoxy) is 1. The molecule has 146 valence electrons. The molecule has 1 aromatic carbocycles. The molecule has 0 spiro atoms. The number of methoxy groups -OCH3 is 1. The zero-order valence-corrected chi connectivity index (χ0v) is 16.3. The van der Waals surface area contributed by atoms with Crippen molar-refractivity contribution < 1.29 is 13.9 Å². The van der Waals surface area contributed by atoms with E-state index < -0.39 is 5.82 Å². The monoisotopic (exact) mass is 373 g/mol. The fourth-order valence-electron chi connectivity index (χ4n) is 3.76. The third-order valence-corrected chi connectivity index (χ3v) is 5.00. The van der Waals surface area contributed by atoms with Crippen molar-refractivity contribution in [3.63, 3.8) is 0 Å². The fraction of sp³-hybridized carbons (Fsp3) is 0.524. The second-order valence-electron chi connectivity index (χ2n) is 7.77. The Kier molecular flexibility index (Phi) is 6.26. The molecule has 1 saturated heterocycles. The maximum absolute atomic E-state index is 13.6. The van der Waals surface area contributed by atoms with E-state index >= 15 is 0 Å². The molecular formula is C21H28FN3O2. The van der Waals surface area contributed by atoms with Crippen molar-refractivity contribution in [3.05, 3.63) is 47.0 Å². The van der Waals surface area contributed by atoms with Gasteiger partial charge in [-0.05, 0) is 56.0 Å². The molecule has 1 N–H and O–H groups in total. The minimum Gasteiger partial charge on any atom is -0.496 e. The van der Waals surface area contributed by atoms with Crippen molar-refractivity contribution in [3.8, 4) is 5.75 Å². The van der Waals surface area contributed by atoms with Gasteiger partial charge in [0.05, 0.1) is 18.4 Å². The van der Waals surface area contributed by atoms with Crippen LogP contribution >= 0.6 is 0 Å². The Hall–Kier alpha value is -2.21. The maximum Gasteiger partial charge on any atom is 0.171 e. The number of benzene rings is 1. The van der Waals surface area contributed by atoms with Crippen LogP contribution in [0, 0.1) is 17.7 Å². The molecule has 1 fully saturated rings. The summed E-state index contributed by atoms with van der Waals surface area (Å²) in [5, 5.41) is 7.49. The van der Waals surface area contributed by atoms with Gasteiger partial charge >= 0.3 is 0 Å². The molecule has 0 amide bonds. The molecule has 1 aliphatic heterocycles. The van der Waals surface area contributed by atoms with Gasteiger partial charge in [-0.15, -0.1) is 0 Å². The van der Waals surface area contributed by atoms with Crippen molar-refractivity contribution in [1.82, 2.24) is 15.1 Å². The number of hydrogen-bond acceptors (Lipinski definition) is 4. The van der Waals surface area contributed by atoms with Gasteiger partial charge in [-0.2, -0.15) is 5.10 Å². The second kappa shape index (κ2) is 8.65. The summed E-state index contributed by atoms with van der Waals surface area (Å²) in [6.07, 6.45) is 2.72. The van der Waals surface area contributed by atoms with E-state index in [0.717, 1.165) is 43.7 Å². The van der Waals surface area contributed by atoms with Gasteiger partial charge in [0.1, 0.15) is 11.6 Å². The number of carbonyl (C=O) groups excluding carboxylic acids is 1. The maximum atomic E-state index is 13.6. The van der Waals surface area contributed by atoms with Gasteiger partial charge in [0.15, 0.2) is 5.78 Å². The number of Topliss-reactive ketones (excluding diaryl/α,β-unsaturated/α-hetero) is 1. The minimum atomic E-state index is -0.415. The van der Waals surface area contributed by atoms with E-state index in [4.69, 9.17) is 4.74 Å². The summed E-state index contributed by atoms with van der Waals surface area (Å²) in [4.78, 5) is 15.2. The molecule has 2 heterocycles. The molecule has 1 aliphatic rings. The summed E-state index contributed by atoms with van der Waals surface area (Å²) >= 11 is 0. The molecule has 5 nitrogen and oxygen atoms in total. The molecule has 2 aromatic rings. The van der Waals surface area contributed by atoms with Crippen molar-refractivity contribution in [2.24, 2.45) is 11.8 Å². The van der Waals surface area contributed by atoms with Crippen LogP contribution in [0.5, 0.6) is 5.75 Å². The number of nitrogens with zero attached hydrogens (tertiary/aromatic N) is 2. The molecule has 0 radical (unpaired) electrons. The van der Waals surface area contributed by atoms with E-state index in [0.29, 0.717) is 23.8 Å². The molecule has 0 unspecified atom stereocenters. The number of piperidine rings is 1. The second-order valence-corrected chi connectivity index (χ2v) is 7.77. The summed E-state index contributed by atoms with van der Waals surface area (Å²) in [5.74, 6) is 0.403. The van der Waals surface area contributed by atoms with Crippen LogP contribution in [-0.2, 0) is 13.0 Å². The molecule has 6 heteroatoms. The predicted molar refractivity (Wildman–Crippen MR) is 102 cm³/mol. The van der Waals surface area contributed by atoms with Crippen LogP contribution in [0.3, 0.4) is 0 Å². The number of aromatic amines is 1. The Balaban J connectivity index is 1.66. The first-order chi connectivity index (χ1) is 13.0. The van der Waals surface area contributed by atoms with Crippen molar-refractivity contribution in [2.45, 2.75) is 39.7 Å². The van der Waals surface area contributed by atoms with Gasteiger partial charge in [-0.25, -0.2) is 4.39 Å². The number of likely N-dealkylation sites (tertiary alicyclic amines) is 1. The zero-order valence-electron chi connectivity index (χ0n) is 16.3. The van der Waals surface area contributed by atoms with Crippen molar-refractivity contribution in [2.75, 3.05) is 20.2 Å². The number of rotatable bonds is 7. The highest BCUT2D eigenvalue weighted by Crippen LogP contribution is 2.27. The number of nitrogens with one attached hydrogen (secondary N) is 1. The van der Waals surface area contributed by atoms with Crippen LogP contribution in [0.2, 0.25) is 0 Å². The van der Waals surface area contributed by atoms with Gasteiger partial charge in [-0.3, -0.25) is 14.8 Å². The first kappa shape index (κ1) is 19.5. The van der Waals surface area contributed by atoms with Gasteiger partial charge in [0.2, 0.25) is 0 Å². The van der Waals surface area contributed by atoms with Gasteiger partial charge in [-0.1, -0.05) is 13.8 Å². The summed E-state index contributed by atoms with van der Waals surface area (Å²) in [6.45, 7) is 6.71. The number of hydrogen-bond donors (Lipinski definition) is 1. The third-order valence-electron chi connectivity index (χ3n) is 5.00. The molecular weight excluding hydrogens is 345 g/mol. The van der Waals surface area contributed by atoms with E-state index in [2.05, 4.69) is 35.0 Å². The number of carbonyl (C=O) groups is 1. The van der Waals surface area contributed by atoms with Crippen molar-refractivity contribution in [1.29, 1.82) is 0 Å². The number of ketones is 1. The van der Waals surface area contributed by atoms with Crippen molar-refractivity contribution >= 4 is 5.78 Å². The lowest BCUT2D eigenvalue weighted by Crippen LogP contribution is -2.38. The van der Waals surface area contributed by atoms with Crippen LogP contribution in [0.15, 0.2) is 24.3 Å². The van der Waals surface area contributed by atoms with Gasteiger partial charge in [0.25, 0.3) is 0 Å². The minimum absolute atomic E-state index is 0.0406. The predicted octanol–water partition coefficient (Wildman–Crippen LogP) is 3.85. The largest absolute Gasteiger partial charge is 0.496 e. The number of aromatic nitrogens is 2. The quantitative estimate of drug-likeness (QED) is 0.749. The van der Waals surface area contributed by atoms with E-state index in [1.807, 2.05) is 0 Å². The first-order valence-corrected chi connectivity index (χ1v) is 9.59. The Morgan fingerprint density at radius 3 is 2.96 bits per heavy atom. The number of H-pyrrole nitrogens is 1. The molecule has 0 bridgehead atoms. The standard InChI is InChI=1S/C21H28FN3O2/c1-14(2)9-17-11-18(24-23-17)13-25-8-4-5-15(12-25)21(26)19-10-16(22)6-7-20(19)27-3/h6-7,10-11,14-15H,4-5,8-9,12-13H2,1-3H3,(H,23,24)/t15-/m1/s1. The summed E-state index contributed by atoms with van der Waals surface area (Å²) in [7, 11) is 1.50. The average molecular weight is 373 g/mol. The summed E-state index contributed by atoms with van der Waals surface area (Å²) < 4.78 is 18.9. The first-order valence-electron chi connectivity index (χ1n) is 9.59. The van der Waals surface area contributed by atoms with Crippen LogP contribution in [0.4, 0.5) is 4.39 Å². The van der Waals surface area contributed by atoms with E-state index in [9.17, 15) is 9.18 Å². The SMILES string of the molecule is COc1ccc(F)cc1C(=O)[C@@H]1CCCN(Cc2cc(CC(C)C)n[nH]2)C1. The lowest BCUT2D eigenvalue weighted by Gasteiger charge is -2.31. The summed E-state index contributed by atoms with van der Waals surface area (Å²) in [5.41, 5.74) is 2.49. The van der Waals surface area contributed by atoms with Crippen LogP contribution in [-0.4, -0.2) is 41.1 Å². The van der Waals surface area contributed by atoms with Gasteiger partial charge in [0, 0.05) is 24.7 Å². The molecule has 0 saturated carbocycles. The van der Waals surface area contributed by atoms with Gasteiger partial charge < -0.3 is 4.74 Å². The molecule has 3 rings (SSSR count). The Bertz CT molecular complexity index is 787. The fourth-order valence-corrected chi connectivity index (χ4v) is 3.76. The van der Waals surface area contributed by atoms with E-state index in [-0.39, 0.29) is 11.7 Å². The Morgan fingerprint density at radius 2 is 2.22 bits per heavy atom. The molecule has 1 atom stereocenters. The van der Waals surface area contributed by atoms with E-state index in [1.165, 1.54) is 25.3 Å². The van der Waals surface area contributed by atoms with Crippen LogP contribution in [0.25, 0.3) is 0 Å². The number of halogens is 1. The van der Waals surface area contributed by atoms with Crippen LogP contribution < -0.4 is 4.74 Å². The molecule has 27 heavy (non-hydrogen) atoms. The highest BCUT2D eigenvalue weighted by Gasteiger charge is 2.29. The molecule has 1 aromatic heterocycles. The normalized spacial score (nSPS) is 18.0. The highest BCUT2D eigenvalue weighted by atomic mass is 19.1. The Labute approximate surface area is 159 Å². The average Bonchev–Trinajstić information content (AvgIpc) is 3.07. The third kappa shape index (κ3) is 4.95. The smallest absolute Gasteiger partial charge is 0.171 e.